The van der Waals surface area contributed by atoms with Gasteiger partial charge in [0.2, 0.25) is 0 Å². The quantitative estimate of drug-likeness (QED) is 0.489. The Morgan fingerprint density at radius 1 is 1.22 bits per heavy atom. The fraction of sp³-hybridized carbons (Fsp3) is 0.933. The molecular weight excluding hydrogens is 222 g/mol. The number of hydrogen-bond acceptors (Lipinski definition) is 2. The van der Waals surface area contributed by atoms with E-state index in [2.05, 4.69) is 46.4 Å². The molecule has 0 aromatic heterocycles. The zero-order chi connectivity index (χ0) is 14.3. The Balaban J connectivity index is 4.55. The van der Waals surface area contributed by atoms with Crippen molar-refractivity contribution in [3.63, 3.8) is 0 Å². The van der Waals surface area contributed by atoms with Gasteiger partial charge in [-0.2, -0.15) is 0 Å². The number of nitrogens with two attached hydrogens (primary N) is 1. The van der Waals surface area contributed by atoms with Gasteiger partial charge in [-0.15, -0.1) is 0 Å². The number of hydrogen-bond donors (Lipinski definition) is 2. The molecule has 0 radical (unpaired) electrons. The summed E-state index contributed by atoms with van der Waals surface area (Å²) in [5.41, 5.74) is 5.48. The molecule has 0 aliphatic heterocycles. The van der Waals surface area contributed by atoms with E-state index in [9.17, 15) is 0 Å². The second-order valence-electron chi connectivity index (χ2n) is 6.41. The first-order valence-corrected chi connectivity index (χ1v) is 7.33. The summed E-state index contributed by atoms with van der Waals surface area (Å²) in [5, 5.41) is 7.64. The maximum atomic E-state index is 7.64. The molecule has 3 nitrogen and oxygen atoms in total. The smallest absolute Gasteiger partial charge is 0.0963 e. The Labute approximate surface area is 114 Å². The van der Waals surface area contributed by atoms with Gasteiger partial charge < -0.3 is 10.6 Å². The molecule has 0 aromatic rings. The Bertz CT molecular complexity index is 242. The second-order valence-corrected chi connectivity index (χ2v) is 6.41. The molecule has 0 bridgehead atoms. The summed E-state index contributed by atoms with van der Waals surface area (Å²) in [7, 11) is 0. The lowest BCUT2D eigenvalue weighted by atomic mass is 9.87. The highest BCUT2D eigenvalue weighted by Crippen LogP contribution is 2.22. The Morgan fingerprint density at radius 2 is 1.72 bits per heavy atom. The Kier molecular flexibility index (Phi) is 7.53. The van der Waals surface area contributed by atoms with Gasteiger partial charge >= 0.3 is 0 Å². The van der Waals surface area contributed by atoms with Gasteiger partial charge in [-0.1, -0.05) is 41.5 Å². The first kappa shape index (κ1) is 17.4. The van der Waals surface area contributed by atoms with E-state index in [0.717, 1.165) is 19.5 Å². The van der Waals surface area contributed by atoms with Crippen molar-refractivity contribution in [1.82, 2.24) is 4.90 Å². The maximum Gasteiger partial charge on any atom is 0.0963 e. The summed E-state index contributed by atoms with van der Waals surface area (Å²) in [6, 6.07) is 0.662. The van der Waals surface area contributed by atoms with Crippen molar-refractivity contribution in [2.24, 2.45) is 17.1 Å². The van der Waals surface area contributed by atoms with E-state index in [0.29, 0.717) is 17.8 Å². The molecule has 0 saturated carbocycles. The summed E-state index contributed by atoms with van der Waals surface area (Å²) in [4.78, 5) is 2.58. The average molecular weight is 255 g/mol. The van der Waals surface area contributed by atoms with Crippen LogP contribution in [0.15, 0.2) is 0 Å². The molecule has 0 fully saturated rings. The SMILES string of the molecule is CCC(CC)N(CCC(C)(C)C(=N)N)CC(C)C. The van der Waals surface area contributed by atoms with E-state index in [-0.39, 0.29) is 5.41 Å². The number of nitrogens with zero attached hydrogens (tertiary/aromatic N) is 1. The Morgan fingerprint density at radius 3 is 2.06 bits per heavy atom. The molecule has 0 aliphatic rings. The third kappa shape index (κ3) is 5.85. The Hall–Kier alpha value is -0.570. The zero-order valence-corrected chi connectivity index (χ0v) is 13.2. The van der Waals surface area contributed by atoms with Crippen LogP contribution >= 0.6 is 0 Å². The molecule has 3 N–H and O–H groups in total. The largest absolute Gasteiger partial charge is 0.387 e. The fourth-order valence-corrected chi connectivity index (χ4v) is 2.25. The molecule has 0 aromatic carbocycles. The molecule has 3 heteroatoms. The highest BCUT2D eigenvalue weighted by molar-refractivity contribution is 5.82. The molecule has 18 heavy (non-hydrogen) atoms. The van der Waals surface area contributed by atoms with E-state index < -0.39 is 0 Å². The van der Waals surface area contributed by atoms with Gasteiger partial charge in [-0.25, -0.2) is 0 Å². The number of rotatable bonds is 9. The van der Waals surface area contributed by atoms with Gasteiger partial charge in [-0.3, -0.25) is 5.41 Å². The van der Waals surface area contributed by atoms with E-state index in [4.69, 9.17) is 11.1 Å². The summed E-state index contributed by atoms with van der Waals surface area (Å²) >= 11 is 0. The van der Waals surface area contributed by atoms with E-state index >= 15 is 0 Å². The van der Waals surface area contributed by atoms with Crippen LogP contribution in [-0.2, 0) is 0 Å². The predicted octanol–water partition coefficient (Wildman–Crippen LogP) is 3.49. The van der Waals surface area contributed by atoms with Crippen molar-refractivity contribution in [3.05, 3.63) is 0 Å². The number of amidine groups is 1. The van der Waals surface area contributed by atoms with Gasteiger partial charge in [0.15, 0.2) is 0 Å². The third-order valence-corrected chi connectivity index (χ3v) is 3.81. The summed E-state index contributed by atoms with van der Waals surface area (Å²) in [5.74, 6) is 0.989. The molecule has 0 amide bonds. The molecule has 108 valence electrons. The molecule has 0 heterocycles. The fourth-order valence-electron chi connectivity index (χ4n) is 2.25. The van der Waals surface area contributed by atoms with Gasteiger partial charge in [-0.05, 0) is 31.7 Å². The molecule has 0 unspecified atom stereocenters. The van der Waals surface area contributed by atoms with Crippen LogP contribution in [-0.4, -0.2) is 29.9 Å². The lowest BCUT2D eigenvalue weighted by Crippen LogP contribution is -2.41. The minimum absolute atomic E-state index is 0.179. The van der Waals surface area contributed by atoms with Gasteiger partial charge in [0.05, 0.1) is 5.84 Å². The minimum atomic E-state index is -0.179. The molecule has 0 rings (SSSR count). The van der Waals surface area contributed by atoms with Gasteiger partial charge in [0, 0.05) is 18.0 Å². The van der Waals surface area contributed by atoms with Crippen molar-refractivity contribution in [3.8, 4) is 0 Å². The van der Waals surface area contributed by atoms with Crippen molar-refractivity contribution in [2.75, 3.05) is 13.1 Å². The highest BCUT2D eigenvalue weighted by Gasteiger charge is 2.24. The van der Waals surface area contributed by atoms with Crippen molar-refractivity contribution in [1.29, 1.82) is 5.41 Å². The summed E-state index contributed by atoms with van der Waals surface area (Å²) < 4.78 is 0. The van der Waals surface area contributed by atoms with Crippen molar-refractivity contribution < 1.29 is 0 Å². The normalized spacial score (nSPS) is 12.7. The van der Waals surface area contributed by atoms with Crippen LogP contribution < -0.4 is 5.73 Å². The molecule has 0 spiro atoms. The highest BCUT2D eigenvalue weighted by atomic mass is 15.2. The first-order valence-electron chi connectivity index (χ1n) is 7.33. The summed E-state index contributed by atoms with van der Waals surface area (Å²) in [6.45, 7) is 15.4. The van der Waals surface area contributed by atoms with Crippen LogP contribution in [0.3, 0.4) is 0 Å². The monoisotopic (exact) mass is 255 g/mol. The molecule has 0 atom stereocenters. The topological polar surface area (TPSA) is 53.1 Å². The third-order valence-electron chi connectivity index (χ3n) is 3.81. The van der Waals surface area contributed by atoms with Gasteiger partial charge in [0.1, 0.15) is 0 Å². The lowest BCUT2D eigenvalue weighted by molar-refractivity contribution is 0.152. The van der Waals surface area contributed by atoms with Crippen LogP contribution in [0.25, 0.3) is 0 Å². The van der Waals surface area contributed by atoms with E-state index in [1.165, 1.54) is 12.8 Å². The minimum Gasteiger partial charge on any atom is -0.387 e. The van der Waals surface area contributed by atoms with E-state index in [1.54, 1.807) is 0 Å². The van der Waals surface area contributed by atoms with Crippen LogP contribution in [0.5, 0.6) is 0 Å². The first-order chi connectivity index (χ1) is 8.24. The molecule has 0 saturated heterocycles. The van der Waals surface area contributed by atoms with Crippen LogP contribution in [0.4, 0.5) is 0 Å². The standard InChI is InChI=1S/C15H33N3/c1-7-13(8-2)18(11-12(3)4)10-9-15(5,6)14(16)17/h12-13H,7-11H2,1-6H3,(H3,16,17). The molecule has 0 aliphatic carbocycles. The van der Waals surface area contributed by atoms with Crippen LogP contribution in [0.1, 0.15) is 60.8 Å². The average Bonchev–Trinajstić information content (AvgIpc) is 2.26. The number of nitrogens with one attached hydrogen (secondary N) is 1. The van der Waals surface area contributed by atoms with Crippen LogP contribution in [0.2, 0.25) is 0 Å². The maximum absolute atomic E-state index is 7.64. The second kappa shape index (κ2) is 7.78. The van der Waals surface area contributed by atoms with Crippen LogP contribution in [0, 0.1) is 16.7 Å². The molecular formula is C15H33N3. The lowest BCUT2D eigenvalue weighted by Gasteiger charge is -2.34. The zero-order valence-electron chi connectivity index (χ0n) is 13.2. The predicted molar refractivity (Wildman–Crippen MR) is 81.1 cm³/mol. The van der Waals surface area contributed by atoms with Crippen molar-refractivity contribution in [2.45, 2.75) is 66.8 Å². The van der Waals surface area contributed by atoms with Gasteiger partial charge in [0.25, 0.3) is 0 Å². The van der Waals surface area contributed by atoms with E-state index in [1.807, 2.05) is 0 Å². The summed E-state index contributed by atoms with van der Waals surface area (Å²) in [6.07, 6.45) is 3.36. The van der Waals surface area contributed by atoms with Crippen molar-refractivity contribution >= 4 is 5.84 Å².